The SMILES string of the molecule is ClC1=CCNN=C1. The average molecular weight is 117 g/mol. The van der Waals surface area contributed by atoms with Crippen molar-refractivity contribution < 1.29 is 0 Å². The molecule has 1 aliphatic rings. The summed E-state index contributed by atoms with van der Waals surface area (Å²) in [5.74, 6) is 0. The molecule has 2 nitrogen and oxygen atoms in total. The van der Waals surface area contributed by atoms with Crippen molar-refractivity contribution in [2.24, 2.45) is 5.10 Å². The summed E-state index contributed by atoms with van der Waals surface area (Å²) in [4.78, 5) is 0. The summed E-state index contributed by atoms with van der Waals surface area (Å²) in [6.45, 7) is 0.745. The molecule has 0 aromatic rings. The lowest BCUT2D eigenvalue weighted by Crippen LogP contribution is -2.09. The second-order valence-corrected chi connectivity index (χ2v) is 1.65. The molecule has 0 amide bonds. The van der Waals surface area contributed by atoms with Crippen LogP contribution in [0.5, 0.6) is 0 Å². The zero-order chi connectivity index (χ0) is 5.11. The maximum Gasteiger partial charge on any atom is 0.0652 e. The Bertz CT molecular complexity index is 117. The van der Waals surface area contributed by atoms with E-state index in [1.807, 2.05) is 6.08 Å². The van der Waals surface area contributed by atoms with Gasteiger partial charge in [0, 0.05) is 0 Å². The van der Waals surface area contributed by atoms with Crippen LogP contribution >= 0.6 is 11.6 Å². The first-order valence-electron chi connectivity index (χ1n) is 2.01. The van der Waals surface area contributed by atoms with Crippen molar-refractivity contribution in [1.29, 1.82) is 0 Å². The predicted octanol–water partition coefficient (Wildman–Crippen LogP) is 0.698. The highest BCUT2D eigenvalue weighted by atomic mass is 35.5. The Hall–Kier alpha value is -0.500. The Morgan fingerprint density at radius 3 is 3.00 bits per heavy atom. The van der Waals surface area contributed by atoms with E-state index < -0.39 is 0 Å². The molecule has 0 saturated carbocycles. The van der Waals surface area contributed by atoms with Gasteiger partial charge in [-0.05, 0) is 6.08 Å². The lowest BCUT2D eigenvalue weighted by Gasteiger charge is -1.98. The lowest BCUT2D eigenvalue weighted by molar-refractivity contribution is 0.821. The molecule has 0 fully saturated rings. The Morgan fingerprint density at radius 1 is 1.86 bits per heavy atom. The molecule has 0 aromatic heterocycles. The van der Waals surface area contributed by atoms with Crippen molar-refractivity contribution in [2.75, 3.05) is 6.54 Å². The van der Waals surface area contributed by atoms with E-state index in [2.05, 4.69) is 10.5 Å². The molecule has 38 valence electrons. The van der Waals surface area contributed by atoms with E-state index in [1.54, 1.807) is 6.21 Å². The van der Waals surface area contributed by atoms with Crippen LogP contribution in [-0.4, -0.2) is 12.8 Å². The van der Waals surface area contributed by atoms with E-state index in [9.17, 15) is 0 Å². The third-order valence-corrected chi connectivity index (χ3v) is 0.919. The van der Waals surface area contributed by atoms with E-state index in [4.69, 9.17) is 11.6 Å². The minimum Gasteiger partial charge on any atom is -0.306 e. The van der Waals surface area contributed by atoms with Crippen LogP contribution in [0.2, 0.25) is 0 Å². The Morgan fingerprint density at radius 2 is 2.71 bits per heavy atom. The van der Waals surface area contributed by atoms with Gasteiger partial charge in [-0.15, -0.1) is 0 Å². The van der Waals surface area contributed by atoms with Crippen molar-refractivity contribution in [3.05, 3.63) is 11.1 Å². The normalized spacial score (nSPS) is 18.1. The van der Waals surface area contributed by atoms with Gasteiger partial charge in [0.15, 0.2) is 0 Å². The zero-order valence-corrected chi connectivity index (χ0v) is 4.44. The molecule has 0 atom stereocenters. The number of hydrogen-bond donors (Lipinski definition) is 1. The topological polar surface area (TPSA) is 24.4 Å². The smallest absolute Gasteiger partial charge is 0.0652 e. The first kappa shape index (κ1) is 4.65. The summed E-state index contributed by atoms with van der Waals surface area (Å²) in [5, 5.41) is 4.39. The van der Waals surface area contributed by atoms with Crippen LogP contribution < -0.4 is 5.43 Å². The average Bonchev–Trinajstić information content (AvgIpc) is 1.69. The largest absolute Gasteiger partial charge is 0.306 e. The van der Waals surface area contributed by atoms with Gasteiger partial charge in [0.2, 0.25) is 0 Å². The van der Waals surface area contributed by atoms with Gasteiger partial charge in [0.05, 0.1) is 17.8 Å². The number of allylic oxidation sites excluding steroid dienone is 1. The Balaban J connectivity index is 2.58. The zero-order valence-electron chi connectivity index (χ0n) is 3.69. The van der Waals surface area contributed by atoms with Crippen molar-refractivity contribution in [2.45, 2.75) is 0 Å². The van der Waals surface area contributed by atoms with Crippen LogP contribution in [0.15, 0.2) is 16.2 Å². The van der Waals surface area contributed by atoms with Crippen LogP contribution in [-0.2, 0) is 0 Å². The fourth-order valence-corrected chi connectivity index (χ4v) is 0.482. The molecular formula is C4H5ClN2. The maximum absolute atomic E-state index is 5.49. The number of hydrazone groups is 1. The van der Waals surface area contributed by atoms with Crippen molar-refractivity contribution >= 4 is 17.8 Å². The van der Waals surface area contributed by atoms with Gasteiger partial charge in [-0.1, -0.05) is 11.6 Å². The molecule has 0 saturated heterocycles. The highest BCUT2D eigenvalue weighted by Crippen LogP contribution is 1.97. The lowest BCUT2D eigenvalue weighted by atomic mass is 10.5. The molecule has 0 spiro atoms. The van der Waals surface area contributed by atoms with E-state index in [0.717, 1.165) is 6.54 Å². The highest BCUT2D eigenvalue weighted by molar-refractivity contribution is 6.39. The highest BCUT2D eigenvalue weighted by Gasteiger charge is 1.88. The number of rotatable bonds is 0. The van der Waals surface area contributed by atoms with Crippen LogP contribution in [0.4, 0.5) is 0 Å². The van der Waals surface area contributed by atoms with E-state index in [-0.39, 0.29) is 0 Å². The van der Waals surface area contributed by atoms with Gasteiger partial charge >= 0.3 is 0 Å². The number of hydrogen-bond acceptors (Lipinski definition) is 2. The summed E-state index contributed by atoms with van der Waals surface area (Å²) < 4.78 is 0. The van der Waals surface area contributed by atoms with Gasteiger partial charge < -0.3 is 5.43 Å². The van der Waals surface area contributed by atoms with E-state index in [0.29, 0.717) is 5.03 Å². The number of nitrogens with zero attached hydrogens (tertiary/aromatic N) is 1. The molecule has 0 radical (unpaired) electrons. The fraction of sp³-hybridized carbons (Fsp3) is 0.250. The van der Waals surface area contributed by atoms with Crippen molar-refractivity contribution in [1.82, 2.24) is 5.43 Å². The number of halogens is 1. The second-order valence-electron chi connectivity index (χ2n) is 1.21. The third kappa shape index (κ3) is 1.20. The summed E-state index contributed by atoms with van der Waals surface area (Å²) in [6.07, 6.45) is 3.43. The number of nitrogens with one attached hydrogen (secondary N) is 1. The molecule has 0 aliphatic carbocycles. The molecule has 1 rings (SSSR count). The molecule has 7 heavy (non-hydrogen) atoms. The molecule has 0 bridgehead atoms. The van der Waals surface area contributed by atoms with Gasteiger partial charge in [0.25, 0.3) is 0 Å². The standard InChI is InChI=1S/C4H5ClN2/c5-4-1-2-6-7-3-4/h1,3,6H,2H2. The first-order valence-corrected chi connectivity index (χ1v) is 2.39. The summed E-state index contributed by atoms with van der Waals surface area (Å²) in [5.41, 5.74) is 2.72. The Kier molecular flexibility index (Phi) is 1.32. The van der Waals surface area contributed by atoms with Crippen molar-refractivity contribution in [3.8, 4) is 0 Å². The fourth-order valence-electron chi connectivity index (χ4n) is 0.356. The monoisotopic (exact) mass is 116 g/mol. The second kappa shape index (κ2) is 1.98. The van der Waals surface area contributed by atoms with Gasteiger partial charge in [0.1, 0.15) is 0 Å². The summed E-state index contributed by atoms with van der Waals surface area (Å²) in [6, 6.07) is 0. The van der Waals surface area contributed by atoms with Crippen LogP contribution in [0, 0.1) is 0 Å². The molecule has 0 unspecified atom stereocenters. The molecule has 1 aliphatic heterocycles. The van der Waals surface area contributed by atoms with Gasteiger partial charge in [-0.3, -0.25) is 0 Å². The van der Waals surface area contributed by atoms with Gasteiger partial charge in [-0.25, -0.2) is 0 Å². The van der Waals surface area contributed by atoms with E-state index >= 15 is 0 Å². The summed E-state index contributed by atoms with van der Waals surface area (Å²) >= 11 is 5.49. The minimum atomic E-state index is 0.707. The van der Waals surface area contributed by atoms with E-state index in [1.165, 1.54) is 0 Å². The van der Waals surface area contributed by atoms with Gasteiger partial charge in [-0.2, -0.15) is 5.10 Å². The quantitative estimate of drug-likeness (QED) is 0.495. The Labute approximate surface area is 46.9 Å². The molecule has 3 heteroatoms. The minimum absolute atomic E-state index is 0.707. The first-order chi connectivity index (χ1) is 3.39. The third-order valence-electron chi connectivity index (χ3n) is 0.668. The summed E-state index contributed by atoms with van der Waals surface area (Å²) in [7, 11) is 0. The van der Waals surface area contributed by atoms with Crippen LogP contribution in [0.1, 0.15) is 0 Å². The predicted molar refractivity (Wildman–Crippen MR) is 30.4 cm³/mol. The van der Waals surface area contributed by atoms with Crippen molar-refractivity contribution in [3.63, 3.8) is 0 Å². The molecular weight excluding hydrogens is 112 g/mol. The molecule has 1 N–H and O–H groups in total. The van der Waals surface area contributed by atoms with Crippen LogP contribution in [0.25, 0.3) is 0 Å². The molecule has 0 aromatic carbocycles. The molecule has 1 heterocycles. The maximum atomic E-state index is 5.49. The van der Waals surface area contributed by atoms with Crippen LogP contribution in [0.3, 0.4) is 0 Å².